The first-order chi connectivity index (χ1) is 12.8. The third-order valence-electron chi connectivity index (χ3n) is 5.10. The fraction of sp³-hybridized carbons (Fsp3) is 0.444. The molecule has 0 aliphatic carbocycles. The van der Waals surface area contributed by atoms with Gasteiger partial charge in [-0.15, -0.1) is 10.2 Å². The smallest absolute Gasteiger partial charge is 0.322 e. The van der Waals surface area contributed by atoms with Crippen molar-refractivity contribution in [3.05, 3.63) is 46.5 Å². The van der Waals surface area contributed by atoms with Gasteiger partial charge in [0.05, 0.1) is 25.7 Å². The Bertz CT molecular complexity index is 851. The second-order valence-electron chi connectivity index (χ2n) is 6.77. The highest BCUT2D eigenvalue weighted by molar-refractivity contribution is 6.30. The van der Waals surface area contributed by atoms with E-state index in [-0.39, 0.29) is 31.6 Å². The van der Waals surface area contributed by atoms with Gasteiger partial charge in [-0.3, -0.25) is 14.5 Å². The maximum Gasteiger partial charge on any atom is 0.322 e. The van der Waals surface area contributed by atoms with Gasteiger partial charge in [0.1, 0.15) is 17.7 Å². The van der Waals surface area contributed by atoms with Crippen LogP contribution in [0.4, 0.5) is 0 Å². The van der Waals surface area contributed by atoms with E-state index in [1.54, 1.807) is 40.5 Å². The van der Waals surface area contributed by atoms with Gasteiger partial charge in [0.25, 0.3) is 0 Å². The second-order valence-corrected chi connectivity index (χ2v) is 7.20. The van der Waals surface area contributed by atoms with Crippen LogP contribution in [0.3, 0.4) is 0 Å². The molecule has 2 unspecified atom stereocenters. The number of amides is 1. The maximum atomic E-state index is 12.8. The molecule has 8 nitrogen and oxygen atoms in total. The molecule has 0 spiro atoms. The number of halogens is 1. The molecular weight excluding hydrogens is 370 g/mol. The van der Waals surface area contributed by atoms with Crippen LogP contribution in [0.1, 0.15) is 30.2 Å². The molecule has 1 aliphatic heterocycles. The Hall–Kier alpha value is -2.45. The van der Waals surface area contributed by atoms with E-state index in [2.05, 4.69) is 10.2 Å². The topological polar surface area (TPSA) is 91.6 Å². The molecule has 2 atom stereocenters. The SMILES string of the molecule is Cc1nnc2n1CC(C(=O)O)N(CC(=O)N(C)C(C)c1ccc(Cl)cc1)C2. The molecule has 0 fully saturated rings. The number of carbonyl (C=O) groups is 2. The summed E-state index contributed by atoms with van der Waals surface area (Å²) in [5.41, 5.74) is 0.957. The third-order valence-corrected chi connectivity index (χ3v) is 5.36. The zero-order chi connectivity index (χ0) is 19.7. The highest BCUT2D eigenvalue weighted by Crippen LogP contribution is 2.22. The van der Waals surface area contributed by atoms with Crippen molar-refractivity contribution in [2.24, 2.45) is 0 Å². The van der Waals surface area contributed by atoms with Gasteiger partial charge >= 0.3 is 5.97 Å². The quantitative estimate of drug-likeness (QED) is 0.834. The van der Waals surface area contributed by atoms with Crippen LogP contribution in [0, 0.1) is 6.92 Å². The molecule has 2 aromatic rings. The Morgan fingerprint density at radius 2 is 2.00 bits per heavy atom. The molecule has 0 saturated heterocycles. The molecule has 0 bridgehead atoms. The molecule has 1 aromatic heterocycles. The van der Waals surface area contributed by atoms with E-state index in [9.17, 15) is 14.7 Å². The van der Waals surface area contributed by atoms with E-state index in [0.717, 1.165) is 5.56 Å². The molecule has 3 rings (SSSR count). The van der Waals surface area contributed by atoms with E-state index in [1.165, 1.54) is 0 Å². The minimum Gasteiger partial charge on any atom is -0.480 e. The average Bonchev–Trinajstić information content (AvgIpc) is 3.00. The largest absolute Gasteiger partial charge is 0.480 e. The molecule has 27 heavy (non-hydrogen) atoms. The van der Waals surface area contributed by atoms with Crippen LogP contribution in [-0.4, -0.2) is 61.2 Å². The lowest BCUT2D eigenvalue weighted by Gasteiger charge is -2.35. The van der Waals surface area contributed by atoms with Crippen molar-refractivity contribution in [3.8, 4) is 0 Å². The Morgan fingerprint density at radius 1 is 1.33 bits per heavy atom. The minimum atomic E-state index is -0.963. The van der Waals surface area contributed by atoms with E-state index in [1.807, 2.05) is 19.1 Å². The van der Waals surface area contributed by atoms with Gasteiger partial charge in [0.2, 0.25) is 5.91 Å². The summed E-state index contributed by atoms with van der Waals surface area (Å²) >= 11 is 5.92. The van der Waals surface area contributed by atoms with Gasteiger partial charge in [-0.2, -0.15) is 0 Å². The standard InChI is InChI=1S/C18H22ClN5O3/c1-11(13-4-6-14(19)7-5-13)22(3)17(25)10-23-9-16-21-20-12(2)24(16)8-15(23)18(26)27/h4-7,11,15H,8-10H2,1-3H3,(H,26,27). The van der Waals surface area contributed by atoms with Crippen molar-refractivity contribution in [2.45, 2.75) is 39.0 Å². The lowest BCUT2D eigenvalue weighted by atomic mass is 10.1. The molecule has 1 aliphatic rings. The van der Waals surface area contributed by atoms with Crippen molar-refractivity contribution in [3.63, 3.8) is 0 Å². The Kier molecular flexibility index (Phi) is 5.48. The Morgan fingerprint density at radius 3 is 2.63 bits per heavy atom. The fourth-order valence-electron chi connectivity index (χ4n) is 3.23. The molecular formula is C18H22ClN5O3. The zero-order valence-electron chi connectivity index (χ0n) is 15.5. The Balaban J connectivity index is 1.73. The first kappa shape index (κ1) is 19.3. The molecule has 9 heteroatoms. The summed E-state index contributed by atoms with van der Waals surface area (Å²) in [5, 5.41) is 18.3. The number of carboxylic acid groups (broad SMARTS) is 1. The molecule has 1 aromatic carbocycles. The number of carboxylic acids is 1. The van der Waals surface area contributed by atoms with Crippen molar-refractivity contribution in [2.75, 3.05) is 13.6 Å². The normalized spacial score (nSPS) is 18.0. The summed E-state index contributed by atoms with van der Waals surface area (Å²) < 4.78 is 1.79. The van der Waals surface area contributed by atoms with E-state index in [0.29, 0.717) is 16.7 Å². The number of benzene rings is 1. The number of nitrogens with zero attached hydrogens (tertiary/aromatic N) is 5. The number of hydrogen-bond acceptors (Lipinski definition) is 5. The van der Waals surface area contributed by atoms with Gasteiger partial charge in [-0.25, -0.2) is 0 Å². The Labute approximate surface area is 162 Å². The van der Waals surface area contributed by atoms with Gasteiger partial charge in [-0.1, -0.05) is 23.7 Å². The molecule has 1 N–H and O–H groups in total. The van der Waals surface area contributed by atoms with E-state index < -0.39 is 12.0 Å². The summed E-state index contributed by atoms with van der Waals surface area (Å²) in [7, 11) is 1.72. The lowest BCUT2D eigenvalue weighted by molar-refractivity contribution is -0.147. The minimum absolute atomic E-state index is 0.00267. The maximum absolute atomic E-state index is 12.8. The number of aromatic nitrogens is 3. The summed E-state index contributed by atoms with van der Waals surface area (Å²) in [4.78, 5) is 27.8. The summed E-state index contributed by atoms with van der Waals surface area (Å²) in [6.45, 7) is 4.21. The summed E-state index contributed by atoms with van der Waals surface area (Å²) in [6.07, 6.45) is 0. The summed E-state index contributed by atoms with van der Waals surface area (Å²) in [5.74, 6) is 0.227. The number of aryl methyl sites for hydroxylation is 1. The zero-order valence-corrected chi connectivity index (χ0v) is 16.2. The average molecular weight is 392 g/mol. The highest BCUT2D eigenvalue weighted by atomic mass is 35.5. The van der Waals surface area contributed by atoms with E-state index in [4.69, 9.17) is 11.6 Å². The van der Waals surface area contributed by atoms with Gasteiger partial charge in [0, 0.05) is 12.1 Å². The highest BCUT2D eigenvalue weighted by Gasteiger charge is 2.35. The molecule has 144 valence electrons. The van der Waals surface area contributed by atoms with Crippen LogP contribution in [0.2, 0.25) is 5.02 Å². The number of likely N-dealkylation sites (N-methyl/N-ethyl adjacent to an activating group) is 1. The first-order valence-electron chi connectivity index (χ1n) is 8.64. The van der Waals surface area contributed by atoms with Crippen molar-refractivity contribution in [1.29, 1.82) is 0 Å². The summed E-state index contributed by atoms with van der Waals surface area (Å²) in [6, 6.07) is 6.37. The fourth-order valence-corrected chi connectivity index (χ4v) is 3.35. The van der Waals surface area contributed by atoms with Crippen molar-refractivity contribution < 1.29 is 14.7 Å². The number of rotatable bonds is 5. The third kappa shape index (κ3) is 3.96. The monoisotopic (exact) mass is 391 g/mol. The lowest BCUT2D eigenvalue weighted by Crippen LogP contribution is -2.51. The van der Waals surface area contributed by atoms with Gasteiger partial charge in [-0.05, 0) is 31.5 Å². The first-order valence-corrected chi connectivity index (χ1v) is 9.02. The predicted molar refractivity (Wildman–Crippen MR) is 99.2 cm³/mol. The van der Waals surface area contributed by atoms with Crippen LogP contribution < -0.4 is 0 Å². The number of fused-ring (bicyclic) bond motifs is 1. The predicted octanol–water partition coefficient (Wildman–Crippen LogP) is 1.73. The van der Waals surface area contributed by atoms with Crippen LogP contribution >= 0.6 is 11.6 Å². The van der Waals surface area contributed by atoms with Gasteiger partial charge < -0.3 is 14.6 Å². The van der Waals surface area contributed by atoms with Crippen LogP contribution in [0.15, 0.2) is 24.3 Å². The van der Waals surface area contributed by atoms with Crippen LogP contribution in [-0.2, 0) is 22.7 Å². The molecule has 1 amide bonds. The number of aliphatic carboxylic acids is 1. The van der Waals surface area contributed by atoms with Crippen molar-refractivity contribution in [1.82, 2.24) is 24.6 Å². The van der Waals surface area contributed by atoms with E-state index >= 15 is 0 Å². The number of hydrogen-bond donors (Lipinski definition) is 1. The molecule has 0 saturated carbocycles. The molecule has 0 radical (unpaired) electrons. The van der Waals surface area contributed by atoms with Crippen molar-refractivity contribution >= 4 is 23.5 Å². The number of carbonyl (C=O) groups excluding carboxylic acids is 1. The van der Waals surface area contributed by atoms with Crippen LogP contribution in [0.5, 0.6) is 0 Å². The van der Waals surface area contributed by atoms with Crippen LogP contribution in [0.25, 0.3) is 0 Å². The second kappa shape index (κ2) is 7.66. The molecule has 2 heterocycles. The van der Waals surface area contributed by atoms with Gasteiger partial charge in [0.15, 0.2) is 0 Å².